The lowest BCUT2D eigenvalue weighted by Gasteiger charge is -2.13. The Bertz CT molecular complexity index is 81.1. The van der Waals surface area contributed by atoms with Gasteiger partial charge in [-0.05, 0) is 18.8 Å². The summed E-state index contributed by atoms with van der Waals surface area (Å²) in [5, 5.41) is 0. The van der Waals surface area contributed by atoms with E-state index in [9.17, 15) is 0 Å². The lowest BCUT2D eigenvalue weighted by molar-refractivity contribution is 0.216. The van der Waals surface area contributed by atoms with Crippen LogP contribution in [0.2, 0.25) is 0 Å². The fourth-order valence-corrected chi connectivity index (χ4v) is 1.40. The number of hydrogen-bond donors (Lipinski definition) is 0. The molecule has 0 aromatic heterocycles. The second-order valence-electron chi connectivity index (χ2n) is 3.40. The van der Waals surface area contributed by atoms with Crippen LogP contribution in [0, 0.1) is 12.3 Å². The standard InChI is InChI=1S/C11H23O/c1-4-6-8-11(5-2)9-7-10-12-3/h7,11H,4-6,8-10H2,1-3H3. The van der Waals surface area contributed by atoms with Gasteiger partial charge in [0.15, 0.2) is 0 Å². The number of hydrogen-bond acceptors (Lipinski definition) is 1. The highest BCUT2D eigenvalue weighted by Crippen LogP contribution is 2.17. The third kappa shape index (κ3) is 6.66. The molecule has 0 N–H and O–H groups in total. The summed E-state index contributed by atoms with van der Waals surface area (Å²) in [6.07, 6.45) is 8.86. The average molecular weight is 171 g/mol. The molecule has 0 aromatic carbocycles. The van der Waals surface area contributed by atoms with Crippen molar-refractivity contribution in [3.05, 3.63) is 6.42 Å². The Morgan fingerprint density at radius 2 is 2.08 bits per heavy atom. The SMILES string of the molecule is CCCCC(CC)C[CH]COC. The smallest absolute Gasteiger partial charge is 0.0494 e. The summed E-state index contributed by atoms with van der Waals surface area (Å²) in [4.78, 5) is 0. The number of rotatable bonds is 8. The van der Waals surface area contributed by atoms with Crippen molar-refractivity contribution < 1.29 is 4.74 Å². The van der Waals surface area contributed by atoms with Gasteiger partial charge in [-0.3, -0.25) is 0 Å². The maximum Gasteiger partial charge on any atom is 0.0494 e. The first-order chi connectivity index (χ1) is 5.85. The number of ether oxygens (including phenoxy) is 1. The predicted octanol–water partition coefficient (Wildman–Crippen LogP) is 3.44. The quantitative estimate of drug-likeness (QED) is 0.508. The molecule has 0 heterocycles. The zero-order valence-electron chi connectivity index (χ0n) is 8.81. The van der Waals surface area contributed by atoms with E-state index in [0.717, 1.165) is 12.5 Å². The second kappa shape index (κ2) is 9.05. The van der Waals surface area contributed by atoms with Crippen LogP contribution in [0.4, 0.5) is 0 Å². The molecular weight excluding hydrogens is 148 g/mol. The van der Waals surface area contributed by atoms with Crippen molar-refractivity contribution in [2.24, 2.45) is 5.92 Å². The Kier molecular flexibility index (Phi) is 9.02. The molecule has 1 atom stereocenters. The first kappa shape index (κ1) is 12.0. The van der Waals surface area contributed by atoms with E-state index in [1.165, 1.54) is 32.1 Å². The van der Waals surface area contributed by atoms with Crippen LogP contribution in [0.1, 0.15) is 46.0 Å². The molecule has 1 heteroatoms. The minimum Gasteiger partial charge on any atom is -0.384 e. The lowest BCUT2D eigenvalue weighted by atomic mass is 9.94. The maximum absolute atomic E-state index is 4.99. The van der Waals surface area contributed by atoms with Crippen molar-refractivity contribution in [3.8, 4) is 0 Å². The molecule has 0 spiro atoms. The first-order valence-corrected chi connectivity index (χ1v) is 5.15. The Labute approximate surface area is 77.5 Å². The molecule has 0 fully saturated rings. The Morgan fingerprint density at radius 1 is 1.33 bits per heavy atom. The van der Waals surface area contributed by atoms with E-state index in [1.54, 1.807) is 7.11 Å². The molecule has 0 saturated heterocycles. The lowest BCUT2D eigenvalue weighted by Crippen LogP contribution is -2.01. The highest BCUT2D eigenvalue weighted by atomic mass is 16.5. The van der Waals surface area contributed by atoms with Gasteiger partial charge in [0.1, 0.15) is 0 Å². The van der Waals surface area contributed by atoms with E-state index in [1.807, 2.05) is 0 Å². The van der Waals surface area contributed by atoms with Crippen molar-refractivity contribution in [2.45, 2.75) is 46.0 Å². The summed E-state index contributed by atoms with van der Waals surface area (Å²) >= 11 is 0. The minimum atomic E-state index is 0.808. The topological polar surface area (TPSA) is 9.23 Å². The first-order valence-electron chi connectivity index (χ1n) is 5.15. The van der Waals surface area contributed by atoms with Crippen LogP contribution in [0.25, 0.3) is 0 Å². The fourth-order valence-electron chi connectivity index (χ4n) is 1.40. The molecule has 0 bridgehead atoms. The van der Waals surface area contributed by atoms with Gasteiger partial charge in [0.05, 0.1) is 0 Å². The summed E-state index contributed by atoms with van der Waals surface area (Å²) < 4.78 is 4.99. The van der Waals surface area contributed by atoms with Crippen LogP contribution in [0.15, 0.2) is 0 Å². The third-order valence-electron chi connectivity index (χ3n) is 2.33. The molecule has 0 rings (SSSR count). The largest absolute Gasteiger partial charge is 0.384 e. The van der Waals surface area contributed by atoms with Gasteiger partial charge in [-0.15, -0.1) is 0 Å². The van der Waals surface area contributed by atoms with Crippen molar-refractivity contribution in [1.29, 1.82) is 0 Å². The van der Waals surface area contributed by atoms with E-state index in [0.29, 0.717) is 0 Å². The van der Waals surface area contributed by atoms with E-state index in [2.05, 4.69) is 20.3 Å². The Hall–Kier alpha value is -0.0400. The summed E-state index contributed by atoms with van der Waals surface area (Å²) in [5.74, 6) is 0.889. The van der Waals surface area contributed by atoms with Crippen molar-refractivity contribution >= 4 is 0 Å². The van der Waals surface area contributed by atoms with E-state index < -0.39 is 0 Å². The van der Waals surface area contributed by atoms with Crippen LogP contribution in [0.3, 0.4) is 0 Å². The summed E-state index contributed by atoms with van der Waals surface area (Å²) in [6, 6.07) is 0. The molecule has 0 aromatic rings. The van der Waals surface area contributed by atoms with Crippen LogP contribution >= 0.6 is 0 Å². The van der Waals surface area contributed by atoms with Gasteiger partial charge in [-0.25, -0.2) is 0 Å². The third-order valence-corrected chi connectivity index (χ3v) is 2.33. The van der Waals surface area contributed by atoms with Gasteiger partial charge in [-0.2, -0.15) is 0 Å². The van der Waals surface area contributed by atoms with Gasteiger partial charge < -0.3 is 4.74 Å². The molecule has 1 nitrogen and oxygen atoms in total. The summed E-state index contributed by atoms with van der Waals surface area (Å²) in [7, 11) is 1.75. The van der Waals surface area contributed by atoms with Gasteiger partial charge >= 0.3 is 0 Å². The van der Waals surface area contributed by atoms with Crippen molar-refractivity contribution in [3.63, 3.8) is 0 Å². The molecule has 0 aliphatic carbocycles. The Morgan fingerprint density at radius 3 is 2.58 bits per heavy atom. The molecule has 0 aliphatic rings. The fraction of sp³-hybridized carbons (Fsp3) is 0.909. The molecule has 1 radical (unpaired) electrons. The molecule has 0 saturated carbocycles. The monoisotopic (exact) mass is 171 g/mol. The van der Waals surface area contributed by atoms with Crippen LogP contribution in [0.5, 0.6) is 0 Å². The van der Waals surface area contributed by atoms with E-state index in [4.69, 9.17) is 4.74 Å². The van der Waals surface area contributed by atoms with Gasteiger partial charge in [-0.1, -0.05) is 39.5 Å². The van der Waals surface area contributed by atoms with Gasteiger partial charge in [0, 0.05) is 13.7 Å². The molecule has 0 amide bonds. The summed E-state index contributed by atoms with van der Waals surface area (Å²) in [6.45, 7) is 5.34. The minimum absolute atomic E-state index is 0.808. The zero-order valence-corrected chi connectivity index (χ0v) is 8.81. The molecule has 0 aliphatic heterocycles. The van der Waals surface area contributed by atoms with Gasteiger partial charge in [0.25, 0.3) is 0 Å². The van der Waals surface area contributed by atoms with Crippen LogP contribution in [-0.2, 0) is 4.74 Å². The van der Waals surface area contributed by atoms with Crippen LogP contribution < -0.4 is 0 Å². The van der Waals surface area contributed by atoms with Gasteiger partial charge in [0.2, 0.25) is 0 Å². The normalized spacial score (nSPS) is 13.2. The van der Waals surface area contributed by atoms with Crippen molar-refractivity contribution in [1.82, 2.24) is 0 Å². The predicted molar refractivity (Wildman–Crippen MR) is 54.1 cm³/mol. The molecule has 1 unspecified atom stereocenters. The van der Waals surface area contributed by atoms with Crippen molar-refractivity contribution in [2.75, 3.05) is 13.7 Å². The number of methoxy groups -OCH3 is 1. The summed E-state index contributed by atoms with van der Waals surface area (Å²) in [5.41, 5.74) is 0. The van der Waals surface area contributed by atoms with E-state index in [-0.39, 0.29) is 0 Å². The highest BCUT2D eigenvalue weighted by molar-refractivity contribution is 4.69. The van der Waals surface area contributed by atoms with E-state index >= 15 is 0 Å². The zero-order chi connectivity index (χ0) is 9.23. The Balaban J connectivity index is 3.26. The maximum atomic E-state index is 4.99. The average Bonchev–Trinajstić information content (AvgIpc) is 2.11. The second-order valence-corrected chi connectivity index (χ2v) is 3.40. The molecule has 12 heavy (non-hydrogen) atoms. The van der Waals surface area contributed by atoms with Crippen LogP contribution in [-0.4, -0.2) is 13.7 Å². The molecular formula is C11H23O. The molecule has 73 valence electrons. The highest BCUT2D eigenvalue weighted by Gasteiger charge is 2.04. The number of unbranched alkanes of at least 4 members (excludes halogenated alkanes) is 1.